The fraction of sp³-hybridized carbons (Fsp3) is 0.647. The minimum absolute atomic E-state index is 0.000843. The molecule has 1 atom stereocenters. The first kappa shape index (κ1) is 20.2. The Labute approximate surface area is 156 Å². The standard InChI is InChI=1S/C17H26ClN5O3/c1-10(2)7-6-8-11(3)19-12(24)9-23-13-14(20-16(23)18)21(4)17(26)22(5)15(13)25/h10-11H,6-9H2,1-5H3,(H,19,24). The number of hydrogen-bond donors (Lipinski definition) is 1. The highest BCUT2D eigenvalue weighted by Gasteiger charge is 2.20. The smallest absolute Gasteiger partial charge is 0.332 e. The largest absolute Gasteiger partial charge is 0.352 e. The van der Waals surface area contributed by atoms with E-state index in [0.29, 0.717) is 5.92 Å². The predicted molar refractivity (Wildman–Crippen MR) is 102 cm³/mol. The molecular weight excluding hydrogens is 358 g/mol. The van der Waals surface area contributed by atoms with Crippen LogP contribution in [-0.2, 0) is 25.4 Å². The second kappa shape index (κ2) is 8.07. The second-order valence-electron chi connectivity index (χ2n) is 7.14. The normalized spacial score (nSPS) is 12.7. The highest BCUT2D eigenvalue weighted by molar-refractivity contribution is 6.29. The molecule has 0 aliphatic carbocycles. The maximum atomic E-state index is 12.4. The summed E-state index contributed by atoms with van der Waals surface area (Å²) in [5.74, 6) is 0.385. The van der Waals surface area contributed by atoms with E-state index in [1.54, 1.807) is 0 Å². The zero-order chi connectivity index (χ0) is 19.6. The maximum absolute atomic E-state index is 12.4. The van der Waals surface area contributed by atoms with Gasteiger partial charge in [0, 0.05) is 20.1 Å². The first-order valence-corrected chi connectivity index (χ1v) is 9.12. The molecule has 0 saturated carbocycles. The second-order valence-corrected chi connectivity index (χ2v) is 7.48. The average Bonchev–Trinajstić information content (AvgIpc) is 2.87. The number of fused-ring (bicyclic) bond motifs is 1. The van der Waals surface area contributed by atoms with Crippen LogP contribution in [0.15, 0.2) is 9.59 Å². The molecule has 0 aliphatic rings. The van der Waals surface area contributed by atoms with Crippen molar-refractivity contribution in [2.45, 2.75) is 52.6 Å². The molecule has 0 bridgehead atoms. The lowest BCUT2D eigenvalue weighted by Crippen LogP contribution is -2.39. The number of aromatic nitrogens is 4. The molecule has 1 N–H and O–H groups in total. The highest BCUT2D eigenvalue weighted by Crippen LogP contribution is 2.15. The molecule has 1 unspecified atom stereocenters. The minimum atomic E-state index is -0.528. The Morgan fingerprint density at radius 2 is 1.81 bits per heavy atom. The maximum Gasteiger partial charge on any atom is 0.332 e. The van der Waals surface area contributed by atoms with Crippen LogP contribution in [0.5, 0.6) is 0 Å². The molecule has 0 saturated heterocycles. The Morgan fingerprint density at radius 1 is 1.15 bits per heavy atom. The number of imidazole rings is 1. The molecule has 2 rings (SSSR count). The van der Waals surface area contributed by atoms with Crippen molar-refractivity contribution in [3.05, 3.63) is 26.1 Å². The van der Waals surface area contributed by atoms with Gasteiger partial charge in [-0.25, -0.2) is 4.79 Å². The number of hydrogen-bond acceptors (Lipinski definition) is 4. The van der Waals surface area contributed by atoms with Crippen molar-refractivity contribution in [2.75, 3.05) is 0 Å². The van der Waals surface area contributed by atoms with Crippen LogP contribution in [0.1, 0.15) is 40.0 Å². The summed E-state index contributed by atoms with van der Waals surface area (Å²) in [6.07, 6.45) is 3.04. The van der Waals surface area contributed by atoms with Crippen LogP contribution in [-0.4, -0.2) is 30.6 Å². The van der Waals surface area contributed by atoms with E-state index in [-0.39, 0.29) is 34.9 Å². The molecule has 2 heterocycles. The third-order valence-electron chi connectivity index (χ3n) is 4.43. The van der Waals surface area contributed by atoms with Crippen LogP contribution in [0.2, 0.25) is 5.28 Å². The Morgan fingerprint density at radius 3 is 2.42 bits per heavy atom. The molecule has 0 fully saturated rings. The summed E-state index contributed by atoms with van der Waals surface area (Å²) in [4.78, 5) is 40.9. The number of carbonyl (C=O) groups excluding carboxylic acids is 1. The molecule has 0 aliphatic heterocycles. The Kier molecular flexibility index (Phi) is 6.28. The quantitative estimate of drug-likeness (QED) is 0.732. The third kappa shape index (κ3) is 4.17. The predicted octanol–water partition coefficient (Wildman–Crippen LogP) is 1.42. The fourth-order valence-electron chi connectivity index (χ4n) is 2.93. The van der Waals surface area contributed by atoms with Gasteiger partial charge < -0.3 is 5.32 Å². The lowest BCUT2D eigenvalue weighted by Gasteiger charge is -2.15. The van der Waals surface area contributed by atoms with Gasteiger partial charge in [-0.3, -0.25) is 23.3 Å². The molecule has 9 heteroatoms. The lowest BCUT2D eigenvalue weighted by molar-refractivity contribution is -0.122. The summed E-state index contributed by atoms with van der Waals surface area (Å²) >= 11 is 6.12. The summed E-state index contributed by atoms with van der Waals surface area (Å²) in [5.41, 5.74) is -0.713. The van der Waals surface area contributed by atoms with Gasteiger partial charge in [-0.05, 0) is 30.9 Å². The number of halogens is 1. The summed E-state index contributed by atoms with van der Waals surface area (Å²) in [5, 5.41) is 2.92. The SMILES string of the molecule is CC(C)CCCC(C)NC(=O)Cn1c(Cl)nc2c1c(=O)n(C)c(=O)n2C. The summed E-state index contributed by atoms with van der Waals surface area (Å²) in [7, 11) is 2.89. The van der Waals surface area contributed by atoms with Gasteiger partial charge >= 0.3 is 5.69 Å². The molecule has 2 aromatic heterocycles. The van der Waals surface area contributed by atoms with Crippen LogP contribution in [0.4, 0.5) is 0 Å². The first-order chi connectivity index (χ1) is 12.1. The number of carbonyl (C=O) groups is 1. The molecule has 8 nitrogen and oxygen atoms in total. The van der Waals surface area contributed by atoms with Gasteiger partial charge in [-0.2, -0.15) is 4.98 Å². The topological polar surface area (TPSA) is 90.9 Å². The Balaban J connectivity index is 2.21. The van der Waals surface area contributed by atoms with Gasteiger partial charge in [0.2, 0.25) is 11.2 Å². The van der Waals surface area contributed by atoms with Crippen LogP contribution < -0.4 is 16.6 Å². The van der Waals surface area contributed by atoms with Crippen molar-refractivity contribution in [3.63, 3.8) is 0 Å². The molecule has 1 amide bonds. The van der Waals surface area contributed by atoms with E-state index in [2.05, 4.69) is 24.1 Å². The average molecular weight is 384 g/mol. The van der Waals surface area contributed by atoms with Gasteiger partial charge in [0.25, 0.3) is 5.56 Å². The van der Waals surface area contributed by atoms with Gasteiger partial charge in [-0.1, -0.05) is 26.7 Å². The lowest BCUT2D eigenvalue weighted by atomic mass is 10.0. The number of nitrogens with zero attached hydrogens (tertiary/aromatic N) is 4. The van der Waals surface area contributed by atoms with E-state index in [9.17, 15) is 14.4 Å². The summed E-state index contributed by atoms with van der Waals surface area (Å²) < 4.78 is 3.56. The molecular formula is C17H26ClN5O3. The number of rotatable bonds is 7. The molecule has 0 aromatic carbocycles. The van der Waals surface area contributed by atoms with E-state index in [4.69, 9.17) is 11.6 Å². The number of nitrogens with one attached hydrogen (secondary N) is 1. The van der Waals surface area contributed by atoms with Crippen LogP contribution >= 0.6 is 11.6 Å². The summed E-state index contributed by atoms with van der Waals surface area (Å²) in [6, 6.07) is 0.0296. The van der Waals surface area contributed by atoms with Gasteiger partial charge in [0.1, 0.15) is 6.54 Å². The minimum Gasteiger partial charge on any atom is -0.352 e. The molecule has 2 aromatic rings. The molecule has 0 radical (unpaired) electrons. The Bertz CT molecular complexity index is 925. The van der Waals surface area contributed by atoms with E-state index in [1.807, 2.05) is 6.92 Å². The van der Waals surface area contributed by atoms with E-state index < -0.39 is 11.2 Å². The van der Waals surface area contributed by atoms with Gasteiger partial charge in [-0.15, -0.1) is 0 Å². The molecule has 144 valence electrons. The summed E-state index contributed by atoms with van der Waals surface area (Å²) in [6.45, 7) is 6.17. The van der Waals surface area contributed by atoms with Gasteiger partial charge in [0.05, 0.1) is 0 Å². The molecule has 26 heavy (non-hydrogen) atoms. The van der Waals surface area contributed by atoms with Crippen LogP contribution in [0, 0.1) is 5.92 Å². The van der Waals surface area contributed by atoms with Gasteiger partial charge in [0.15, 0.2) is 11.2 Å². The monoisotopic (exact) mass is 383 g/mol. The van der Waals surface area contributed by atoms with Crippen molar-refractivity contribution < 1.29 is 4.79 Å². The third-order valence-corrected chi connectivity index (χ3v) is 4.72. The number of amides is 1. The van der Waals surface area contributed by atoms with E-state index >= 15 is 0 Å². The van der Waals surface area contributed by atoms with E-state index in [1.165, 1.54) is 23.2 Å². The number of aryl methyl sites for hydroxylation is 1. The van der Waals surface area contributed by atoms with Crippen molar-refractivity contribution >= 4 is 28.7 Å². The molecule has 0 spiro atoms. The first-order valence-electron chi connectivity index (χ1n) is 8.74. The highest BCUT2D eigenvalue weighted by atomic mass is 35.5. The van der Waals surface area contributed by atoms with Crippen molar-refractivity contribution in [2.24, 2.45) is 20.0 Å². The van der Waals surface area contributed by atoms with Crippen LogP contribution in [0.3, 0.4) is 0 Å². The van der Waals surface area contributed by atoms with Crippen molar-refractivity contribution in [1.82, 2.24) is 24.0 Å². The zero-order valence-corrected chi connectivity index (χ0v) is 16.6. The van der Waals surface area contributed by atoms with Crippen LogP contribution in [0.25, 0.3) is 11.2 Å². The Hall–Kier alpha value is -2.09. The van der Waals surface area contributed by atoms with Crippen molar-refractivity contribution in [1.29, 1.82) is 0 Å². The fourth-order valence-corrected chi connectivity index (χ4v) is 3.16. The van der Waals surface area contributed by atoms with E-state index in [0.717, 1.165) is 23.8 Å². The zero-order valence-electron chi connectivity index (χ0n) is 15.9. The van der Waals surface area contributed by atoms with Crippen molar-refractivity contribution in [3.8, 4) is 0 Å².